The number of aliphatic hydroxyl groups excluding tert-OH is 1. The van der Waals surface area contributed by atoms with E-state index in [1.165, 1.54) is 83.5 Å². The second-order valence-corrected chi connectivity index (χ2v) is 7.79. The first kappa shape index (κ1) is 26.2. The number of carbonyl (C=O) groups is 1. The third-order valence-electron chi connectivity index (χ3n) is 5.05. The fourth-order valence-corrected chi connectivity index (χ4v) is 3.07. The van der Waals surface area contributed by atoms with Gasteiger partial charge in [0, 0.05) is 6.42 Å². The number of unbranched alkanes of at least 4 members (excludes halogenated alkanes) is 13. The molecule has 1 unspecified atom stereocenters. The van der Waals surface area contributed by atoms with Crippen LogP contribution in [0, 0.1) is 0 Å². The highest BCUT2D eigenvalue weighted by atomic mass is 16.5. The zero-order valence-electron chi connectivity index (χ0n) is 18.2. The summed E-state index contributed by atoms with van der Waals surface area (Å²) in [5.41, 5.74) is 0. The molecule has 0 aliphatic heterocycles. The van der Waals surface area contributed by atoms with Crippen LogP contribution in [0.4, 0.5) is 0 Å². The maximum Gasteiger partial charge on any atom is 0.305 e. The molecular weight excluding hydrogens is 336 g/mol. The quantitative estimate of drug-likeness (QED) is 0.138. The van der Waals surface area contributed by atoms with E-state index in [0.717, 1.165) is 12.8 Å². The van der Waals surface area contributed by atoms with E-state index in [0.29, 0.717) is 12.8 Å². The normalized spacial score (nSPS) is 12.6. The van der Waals surface area contributed by atoms with Crippen molar-refractivity contribution < 1.29 is 14.6 Å². The van der Waals surface area contributed by atoms with Crippen LogP contribution in [0.15, 0.2) is 12.2 Å². The largest absolute Gasteiger partial charge is 0.463 e. The summed E-state index contributed by atoms with van der Waals surface area (Å²) in [5.74, 6) is -0.169. The van der Waals surface area contributed by atoms with Gasteiger partial charge in [-0.2, -0.15) is 0 Å². The van der Waals surface area contributed by atoms with E-state index in [4.69, 9.17) is 4.74 Å². The van der Waals surface area contributed by atoms with Crippen molar-refractivity contribution in [2.45, 2.75) is 129 Å². The smallest absolute Gasteiger partial charge is 0.305 e. The van der Waals surface area contributed by atoms with Gasteiger partial charge in [-0.3, -0.25) is 4.79 Å². The summed E-state index contributed by atoms with van der Waals surface area (Å²) in [6.45, 7) is 4.29. The molecule has 3 heteroatoms. The van der Waals surface area contributed by atoms with E-state index in [9.17, 15) is 9.90 Å². The van der Waals surface area contributed by atoms with Gasteiger partial charge in [-0.25, -0.2) is 0 Å². The Hall–Kier alpha value is -0.830. The Balaban J connectivity index is 3.18. The number of carbonyl (C=O) groups excluding carboxylic acids is 1. The number of hydrogen-bond acceptors (Lipinski definition) is 3. The van der Waals surface area contributed by atoms with E-state index in [1.807, 2.05) is 6.92 Å². The van der Waals surface area contributed by atoms with E-state index in [2.05, 4.69) is 19.1 Å². The molecule has 3 nitrogen and oxygen atoms in total. The van der Waals surface area contributed by atoms with E-state index >= 15 is 0 Å². The van der Waals surface area contributed by atoms with E-state index in [-0.39, 0.29) is 12.6 Å². The van der Waals surface area contributed by atoms with Crippen molar-refractivity contribution in [1.29, 1.82) is 0 Å². The lowest BCUT2D eigenvalue weighted by atomic mass is 10.1. The predicted molar refractivity (Wildman–Crippen MR) is 116 cm³/mol. The number of hydrogen-bond donors (Lipinski definition) is 1. The molecule has 0 saturated carbocycles. The van der Waals surface area contributed by atoms with Crippen molar-refractivity contribution in [3.8, 4) is 0 Å². The lowest BCUT2D eigenvalue weighted by Gasteiger charge is -2.08. The van der Waals surface area contributed by atoms with Gasteiger partial charge in [-0.05, 0) is 38.5 Å². The molecule has 0 rings (SSSR count). The summed E-state index contributed by atoms with van der Waals surface area (Å²) in [6.07, 6.45) is 24.5. The van der Waals surface area contributed by atoms with Crippen molar-refractivity contribution >= 4 is 5.97 Å². The van der Waals surface area contributed by atoms with Crippen LogP contribution in [0.3, 0.4) is 0 Å². The van der Waals surface area contributed by atoms with Gasteiger partial charge in [0.05, 0.1) is 6.10 Å². The Morgan fingerprint density at radius 3 is 1.78 bits per heavy atom. The molecule has 160 valence electrons. The number of allylic oxidation sites excluding steroid dienone is 2. The fraction of sp³-hybridized carbons (Fsp3) is 0.875. The lowest BCUT2D eigenvalue weighted by molar-refractivity contribution is -0.146. The second-order valence-electron chi connectivity index (χ2n) is 7.79. The molecule has 0 spiro atoms. The van der Waals surface area contributed by atoms with E-state index < -0.39 is 6.10 Å². The Bertz CT molecular complexity index is 339. The van der Waals surface area contributed by atoms with Gasteiger partial charge in [-0.15, -0.1) is 0 Å². The van der Waals surface area contributed by atoms with Crippen molar-refractivity contribution in [1.82, 2.24) is 0 Å². The third-order valence-corrected chi connectivity index (χ3v) is 5.05. The summed E-state index contributed by atoms with van der Waals surface area (Å²) in [5, 5.41) is 9.35. The number of ether oxygens (including phenoxy) is 1. The van der Waals surface area contributed by atoms with Gasteiger partial charge >= 0.3 is 5.97 Å². The van der Waals surface area contributed by atoms with Crippen LogP contribution in [0.5, 0.6) is 0 Å². The third kappa shape index (κ3) is 21.3. The minimum absolute atomic E-state index is 0.143. The Morgan fingerprint density at radius 2 is 1.26 bits per heavy atom. The second kappa shape index (κ2) is 21.5. The topological polar surface area (TPSA) is 46.5 Å². The molecule has 0 aromatic heterocycles. The molecule has 0 aliphatic rings. The Labute approximate surface area is 169 Å². The standard InChI is InChI=1S/C24H46O3/c1-3-5-6-7-8-9-10-11-12-13-14-15-16-17-18-19-20-21-24(26)27-22-23(25)4-2/h9-10,23,25H,3-8,11-22H2,1-2H3/b10-9-. The van der Waals surface area contributed by atoms with Crippen LogP contribution in [0.2, 0.25) is 0 Å². The first-order chi connectivity index (χ1) is 13.2. The number of rotatable bonds is 20. The highest BCUT2D eigenvalue weighted by Gasteiger charge is 2.06. The molecule has 0 bridgehead atoms. The van der Waals surface area contributed by atoms with Gasteiger partial charge < -0.3 is 9.84 Å². The molecule has 0 heterocycles. The highest BCUT2D eigenvalue weighted by Crippen LogP contribution is 2.12. The van der Waals surface area contributed by atoms with Crippen LogP contribution in [-0.2, 0) is 9.53 Å². The molecule has 0 fully saturated rings. The summed E-state index contributed by atoms with van der Waals surface area (Å²) in [6, 6.07) is 0. The molecule has 0 saturated heterocycles. The van der Waals surface area contributed by atoms with Gasteiger partial charge in [0.25, 0.3) is 0 Å². The van der Waals surface area contributed by atoms with Crippen molar-refractivity contribution in [3.05, 3.63) is 12.2 Å². The van der Waals surface area contributed by atoms with Crippen LogP contribution in [0.1, 0.15) is 123 Å². The molecule has 0 aromatic carbocycles. The van der Waals surface area contributed by atoms with Crippen molar-refractivity contribution in [3.63, 3.8) is 0 Å². The van der Waals surface area contributed by atoms with Crippen molar-refractivity contribution in [2.24, 2.45) is 0 Å². The summed E-state index contributed by atoms with van der Waals surface area (Å²) in [7, 11) is 0. The average Bonchev–Trinajstić information content (AvgIpc) is 2.68. The van der Waals surface area contributed by atoms with Crippen LogP contribution in [0.25, 0.3) is 0 Å². The van der Waals surface area contributed by atoms with Crippen LogP contribution >= 0.6 is 0 Å². The van der Waals surface area contributed by atoms with Gasteiger partial charge in [0.2, 0.25) is 0 Å². The molecule has 27 heavy (non-hydrogen) atoms. The molecule has 1 N–H and O–H groups in total. The minimum Gasteiger partial charge on any atom is -0.463 e. The first-order valence-corrected chi connectivity index (χ1v) is 11.7. The Morgan fingerprint density at radius 1 is 0.778 bits per heavy atom. The van der Waals surface area contributed by atoms with Crippen LogP contribution < -0.4 is 0 Å². The molecule has 0 amide bonds. The van der Waals surface area contributed by atoms with Gasteiger partial charge in [-0.1, -0.05) is 90.2 Å². The molecule has 1 atom stereocenters. The minimum atomic E-state index is -0.513. The number of aliphatic hydroxyl groups is 1. The predicted octanol–water partition coefficient (Wildman–Crippen LogP) is 7.12. The fourth-order valence-electron chi connectivity index (χ4n) is 3.07. The van der Waals surface area contributed by atoms with Crippen LogP contribution in [-0.4, -0.2) is 23.8 Å². The molecule has 0 radical (unpaired) electrons. The van der Waals surface area contributed by atoms with Crippen molar-refractivity contribution in [2.75, 3.05) is 6.61 Å². The number of esters is 1. The monoisotopic (exact) mass is 382 g/mol. The lowest BCUT2D eigenvalue weighted by Crippen LogP contribution is -2.17. The summed E-state index contributed by atoms with van der Waals surface area (Å²) < 4.78 is 5.03. The highest BCUT2D eigenvalue weighted by molar-refractivity contribution is 5.69. The zero-order chi connectivity index (χ0) is 20.0. The average molecular weight is 383 g/mol. The SMILES string of the molecule is CCCCCC/C=C\CCCCCCCCCCCC(=O)OCC(O)CC. The molecule has 0 aliphatic carbocycles. The molecular formula is C24H46O3. The zero-order valence-corrected chi connectivity index (χ0v) is 18.2. The van der Waals surface area contributed by atoms with E-state index in [1.54, 1.807) is 0 Å². The summed E-state index contributed by atoms with van der Waals surface area (Å²) >= 11 is 0. The Kier molecular flexibility index (Phi) is 20.8. The van der Waals surface area contributed by atoms with Gasteiger partial charge in [0.1, 0.15) is 6.61 Å². The van der Waals surface area contributed by atoms with Gasteiger partial charge in [0.15, 0.2) is 0 Å². The maximum atomic E-state index is 11.5. The first-order valence-electron chi connectivity index (χ1n) is 11.7. The maximum absolute atomic E-state index is 11.5. The molecule has 0 aromatic rings. The summed E-state index contributed by atoms with van der Waals surface area (Å²) in [4.78, 5) is 11.5.